The van der Waals surface area contributed by atoms with Crippen molar-refractivity contribution in [3.63, 3.8) is 0 Å². The van der Waals surface area contributed by atoms with E-state index in [1.54, 1.807) is 0 Å². The fraction of sp³-hybridized carbons (Fsp3) is 0.778. The molecule has 1 aliphatic rings. The largest absolute Gasteiger partial charge is 0.468 e. The Balaban J connectivity index is 2.76. The van der Waals surface area contributed by atoms with Crippen LogP contribution in [-0.2, 0) is 14.3 Å². The predicted octanol–water partition coefficient (Wildman–Crippen LogP) is 1.02. The van der Waals surface area contributed by atoms with E-state index in [4.69, 9.17) is 0 Å². The van der Waals surface area contributed by atoms with E-state index in [0.29, 0.717) is 12.3 Å². The lowest BCUT2D eigenvalue weighted by Gasteiger charge is -2.13. The summed E-state index contributed by atoms with van der Waals surface area (Å²) in [5.41, 5.74) is 0. The second-order valence-corrected chi connectivity index (χ2v) is 3.51. The lowest BCUT2D eigenvalue weighted by Crippen LogP contribution is -2.25. The van der Waals surface area contributed by atoms with Gasteiger partial charge in [-0.1, -0.05) is 13.8 Å². The van der Waals surface area contributed by atoms with Gasteiger partial charge < -0.3 is 4.74 Å². The number of hydrogen-bond donors (Lipinski definition) is 0. The molecule has 0 aromatic rings. The summed E-state index contributed by atoms with van der Waals surface area (Å²) in [5, 5.41) is 0. The van der Waals surface area contributed by atoms with Crippen LogP contribution in [0.4, 0.5) is 0 Å². The van der Waals surface area contributed by atoms with Gasteiger partial charge in [0.05, 0.1) is 7.11 Å². The Morgan fingerprint density at radius 1 is 1.50 bits per heavy atom. The molecule has 3 atom stereocenters. The molecular formula is C9H14O3. The summed E-state index contributed by atoms with van der Waals surface area (Å²) in [6.07, 6.45) is 0.515. The van der Waals surface area contributed by atoms with E-state index >= 15 is 0 Å². The Labute approximate surface area is 72.1 Å². The monoisotopic (exact) mass is 170 g/mol. The Morgan fingerprint density at radius 2 is 2.08 bits per heavy atom. The molecule has 0 amide bonds. The number of rotatable bonds is 1. The zero-order valence-corrected chi connectivity index (χ0v) is 7.66. The minimum absolute atomic E-state index is 0.0295. The molecule has 1 rings (SSSR count). The second kappa shape index (κ2) is 3.25. The third-order valence-corrected chi connectivity index (χ3v) is 2.75. The highest BCUT2D eigenvalue weighted by atomic mass is 16.5. The maximum absolute atomic E-state index is 11.3. The van der Waals surface area contributed by atoms with Gasteiger partial charge in [0.2, 0.25) is 0 Å². The average Bonchev–Trinajstić information content (AvgIpc) is 2.26. The molecule has 3 nitrogen and oxygen atoms in total. The quantitative estimate of drug-likeness (QED) is 0.436. The van der Waals surface area contributed by atoms with Crippen LogP contribution in [0.25, 0.3) is 0 Å². The Bertz CT molecular complexity index is 202. The average molecular weight is 170 g/mol. The molecular weight excluding hydrogens is 156 g/mol. The van der Waals surface area contributed by atoms with Gasteiger partial charge in [0.25, 0.3) is 0 Å². The molecule has 0 bridgehead atoms. The van der Waals surface area contributed by atoms with Gasteiger partial charge >= 0.3 is 5.97 Å². The Morgan fingerprint density at radius 3 is 2.42 bits per heavy atom. The van der Waals surface area contributed by atoms with E-state index in [1.807, 2.05) is 13.8 Å². The van der Waals surface area contributed by atoms with Crippen LogP contribution >= 0.6 is 0 Å². The molecule has 0 aliphatic heterocycles. The van der Waals surface area contributed by atoms with Gasteiger partial charge in [-0.25, -0.2) is 0 Å². The summed E-state index contributed by atoms with van der Waals surface area (Å²) >= 11 is 0. The predicted molar refractivity (Wildman–Crippen MR) is 43.5 cm³/mol. The summed E-state index contributed by atoms with van der Waals surface area (Å²) in [7, 11) is 1.32. The molecule has 0 saturated heterocycles. The van der Waals surface area contributed by atoms with Crippen LogP contribution < -0.4 is 0 Å². The van der Waals surface area contributed by atoms with Crippen molar-refractivity contribution >= 4 is 11.8 Å². The van der Waals surface area contributed by atoms with Gasteiger partial charge in [0, 0.05) is 6.42 Å². The van der Waals surface area contributed by atoms with Crippen LogP contribution in [-0.4, -0.2) is 18.9 Å². The first-order chi connectivity index (χ1) is 5.57. The highest BCUT2D eigenvalue weighted by Gasteiger charge is 2.42. The van der Waals surface area contributed by atoms with Gasteiger partial charge in [0.15, 0.2) is 0 Å². The fourth-order valence-corrected chi connectivity index (χ4v) is 1.73. The zero-order chi connectivity index (χ0) is 9.30. The van der Waals surface area contributed by atoms with Crippen molar-refractivity contribution in [2.75, 3.05) is 7.11 Å². The van der Waals surface area contributed by atoms with Crippen LogP contribution in [0.2, 0.25) is 0 Å². The highest BCUT2D eigenvalue weighted by molar-refractivity contribution is 6.01. The maximum atomic E-state index is 11.3. The fourth-order valence-electron chi connectivity index (χ4n) is 1.73. The molecule has 1 saturated carbocycles. The van der Waals surface area contributed by atoms with Gasteiger partial charge in [0.1, 0.15) is 11.7 Å². The van der Waals surface area contributed by atoms with Crippen LogP contribution in [0.15, 0.2) is 0 Å². The number of Topliss-reactive ketones (excluding diaryl/α,β-unsaturated/α-hetero) is 1. The van der Waals surface area contributed by atoms with E-state index in [0.717, 1.165) is 0 Å². The topological polar surface area (TPSA) is 43.4 Å². The van der Waals surface area contributed by atoms with Crippen molar-refractivity contribution in [1.82, 2.24) is 0 Å². The molecule has 0 N–H and O–H groups in total. The van der Waals surface area contributed by atoms with Crippen molar-refractivity contribution < 1.29 is 14.3 Å². The third kappa shape index (κ3) is 1.36. The first kappa shape index (κ1) is 9.23. The minimum atomic E-state index is -0.509. The van der Waals surface area contributed by atoms with Gasteiger partial charge in [-0.3, -0.25) is 9.59 Å². The molecule has 68 valence electrons. The van der Waals surface area contributed by atoms with E-state index in [2.05, 4.69) is 4.74 Å². The summed E-state index contributed by atoms with van der Waals surface area (Å²) in [4.78, 5) is 22.4. The number of carbonyl (C=O) groups is 2. The van der Waals surface area contributed by atoms with E-state index in [9.17, 15) is 9.59 Å². The van der Waals surface area contributed by atoms with E-state index in [-0.39, 0.29) is 17.7 Å². The van der Waals surface area contributed by atoms with Crippen LogP contribution in [0.5, 0.6) is 0 Å². The highest BCUT2D eigenvalue weighted by Crippen LogP contribution is 2.34. The molecule has 1 aliphatic carbocycles. The molecule has 0 aromatic carbocycles. The van der Waals surface area contributed by atoms with E-state index < -0.39 is 5.92 Å². The Kier molecular flexibility index (Phi) is 2.50. The Hall–Kier alpha value is -0.860. The zero-order valence-electron chi connectivity index (χ0n) is 7.66. The van der Waals surface area contributed by atoms with Gasteiger partial charge in [-0.2, -0.15) is 0 Å². The van der Waals surface area contributed by atoms with Crippen molar-refractivity contribution in [2.24, 2.45) is 17.8 Å². The van der Waals surface area contributed by atoms with Gasteiger partial charge in [-0.15, -0.1) is 0 Å². The smallest absolute Gasteiger partial charge is 0.316 e. The molecule has 0 unspecified atom stereocenters. The van der Waals surface area contributed by atoms with Crippen LogP contribution in [0.1, 0.15) is 20.3 Å². The first-order valence-electron chi connectivity index (χ1n) is 4.18. The lowest BCUT2D eigenvalue weighted by atomic mass is 9.92. The number of methoxy groups -OCH3 is 1. The number of ether oxygens (including phenoxy) is 1. The molecule has 12 heavy (non-hydrogen) atoms. The molecule has 0 spiro atoms. The summed E-state index contributed by atoms with van der Waals surface area (Å²) < 4.78 is 4.56. The minimum Gasteiger partial charge on any atom is -0.468 e. The SMILES string of the molecule is COC(=O)[C@H]1C(=O)C[C@H](C)[C@H]1C. The third-order valence-electron chi connectivity index (χ3n) is 2.75. The first-order valence-corrected chi connectivity index (χ1v) is 4.18. The van der Waals surface area contributed by atoms with Gasteiger partial charge in [-0.05, 0) is 11.8 Å². The number of esters is 1. The molecule has 0 aromatic heterocycles. The normalized spacial score (nSPS) is 35.2. The summed E-state index contributed by atoms with van der Waals surface area (Å²) in [6.45, 7) is 3.92. The summed E-state index contributed by atoms with van der Waals surface area (Å²) in [5.74, 6) is -0.421. The molecule has 0 radical (unpaired) electrons. The van der Waals surface area contributed by atoms with Crippen molar-refractivity contribution in [2.45, 2.75) is 20.3 Å². The van der Waals surface area contributed by atoms with Crippen molar-refractivity contribution in [3.8, 4) is 0 Å². The molecule has 3 heteroatoms. The maximum Gasteiger partial charge on any atom is 0.316 e. The van der Waals surface area contributed by atoms with E-state index in [1.165, 1.54) is 7.11 Å². The number of ketones is 1. The number of hydrogen-bond acceptors (Lipinski definition) is 3. The standard InChI is InChI=1S/C9H14O3/c1-5-4-7(10)8(6(5)2)9(11)12-3/h5-6,8H,4H2,1-3H3/t5-,6+,8+/m0/s1. The molecule has 0 heterocycles. The van der Waals surface area contributed by atoms with Crippen LogP contribution in [0, 0.1) is 17.8 Å². The molecule has 1 fully saturated rings. The number of carbonyl (C=O) groups excluding carboxylic acids is 2. The lowest BCUT2D eigenvalue weighted by molar-refractivity contribution is -0.149. The summed E-state index contributed by atoms with van der Waals surface area (Å²) in [6, 6.07) is 0. The van der Waals surface area contributed by atoms with Crippen molar-refractivity contribution in [1.29, 1.82) is 0 Å². The second-order valence-electron chi connectivity index (χ2n) is 3.51. The van der Waals surface area contributed by atoms with Crippen LogP contribution in [0.3, 0.4) is 0 Å². The van der Waals surface area contributed by atoms with Crippen molar-refractivity contribution in [3.05, 3.63) is 0 Å².